The number of aliphatic hydroxyl groups excluding tert-OH is 2. The zero-order valence-corrected chi connectivity index (χ0v) is 30.5. The van der Waals surface area contributed by atoms with E-state index in [9.17, 15) is 39.9 Å². The molecule has 6 unspecified atom stereocenters. The number of nitrogens with zero attached hydrogens (tertiary/aromatic N) is 1. The van der Waals surface area contributed by atoms with Gasteiger partial charge in [-0.25, -0.2) is 0 Å². The molecule has 3 aliphatic rings. The van der Waals surface area contributed by atoms with Crippen LogP contribution in [0.5, 0.6) is 17.2 Å². The fraction of sp³-hybridized carbons (Fsp3) is 0.341. The topological polar surface area (TPSA) is 183 Å². The molecule has 2 aliphatic carbocycles. The number of phenols is 2. The van der Waals surface area contributed by atoms with Crippen LogP contribution in [-0.2, 0) is 33.8 Å². The molecule has 5 N–H and O–H groups in total. The van der Waals surface area contributed by atoms with E-state index in [-0.39, 0.29) is 46.8 Å². The summed E-state index contributed by atoms with van der Waals surface area (Å²) in [5.74, 6) is -3.74. The summed E-state index contributed by atoms with van der Waals surface area (Å²) in [4.78, 5) is 43.0. The van der Waals surface area contributed by atoms with Crippen LogP contribution in [0.2, 0.25) is 0 Å². The fourth-order valence-corrected chi connectivity index (χ4v) is 7.98. The summed E-state index contributed by atoms with van der Waals surface area (Å²) < 4.78 is 18.0. The van der Waals surface area contributed by atoms with E-state index in [2.05, 4.69) is 4.90 Å². The third kappa shape index (κ3) is 6.90. The number of aromatic hydroxyl groups is 2. The third-order valence-electron chi connectivity index (χ3n) is 10.7. The molecule has 0 radical (unpaired) electrons. The van der Waals surface area contributed by atoms with E-state index in [4.69, 9.17) is 14.2 Å². The molecule has 12 nitrogen and oxygen atoms in total. The summed E-state index contributed by atoms with van der Waals surface area (Å²) in [7, 11) is 1.34. The molecule has 0 aromatic heterocycles. The molecule has 1 saturated heterocycles. The minimum Gasteiger partial charge on any atom is -0.507 e. The molecule has 284 valence electrons. The van der Waals surface area contributed by atoms with E-state index in [0.717, 1.165) is 11.1 Å². The van der Waals surface area contributed by atoms with Crippen molar-refractivity contribution in [1.29, 1.82) is 0 Å². The van der Waals surface area contributed by atoms with E-state index in [1.807, 2.05) is 60.7 Å². The quantitative estimate of drug-likeness (QED) is 0.128. The Morgan fingerprint density at radius 3 is 2.09 bits per heavy atom. The van der Waals surface area contributed by atoms with Crippen molar-refractivity contribution in [3.05, 3.63) is 123 Å². The van der Waals surface area contributed by atoms with Gasteiger partial charge >= 0.3 is 0 Å². The highest BCUT2D eigenvalue weighted by Gasteiger charge is 2.50. The molecular weight excluding hydrogens is 718 g/mol. The lowest BCUT2D eigenvalue weighted by Gasteiger charge is -2.45. The molecule has 0 amide bonds. The Hall–Kier alpha value is -4.66. The zero-order valence-electron chi connectivity index (χ0n) is 29.7. The van der Waals surface area contributed by atoms with Crippen molar-refractivity contribution in [2.45, 2.75) is 75.5 Å². The summed E-state index contributed by atoms with van der Waals surface area (Å²) in [5.41, 5.74) is -1.59. The maximum atomic E-state index is 14.0. The van der Waals surface area contributed by atoms with Crippen LogP contribution in [0.25, 0.3) is 0 Å². The number of fused-ring (bicyclic) bond motifs is 3. The lowest BCUT2D eigenvalue weighted by molar-refractivity contribution is -0.259. The first-order valence-electron chi connectivity index (χ1n) is 17.5. The highest BCUT2D eigenvalue weighted by atomic mass is 35.5. The predicted octanol–water partition coefficient (Wildman–Crippen LogP) is 4.17. The minimum absolute atomic E-state index is 0. The van der Waals surface area contributed by atoms with Crippen LogP contribution in [0, 0.1) is 0 Å². The largest absolute Gasteiger partial charge is 0.507 e. The summed E-state index contributed by atoms with van der Waals surface area (Å²) in [6.07, 6.45) is -5.09. The van der Waals surface area contributed by atoms with Crippen molar-refractivity contribution in [2.24, 2.45) is 0 Å². The highest BCUT2D eigenvalue weighted by molar-refractivity contribution is 6.31. The van der Waals surface area contributed by atoms with Gasteiger partial charge in [-0.15, -0.1) is 12.4 Å². The van der Waals surface area contributed by atoms with Crippen molar-refractivity contribution in [3.63, 3.8) is 0 Å². The van der Waals surface area contributed by atoms with Gasteiger partial charge in [-0.05, 0) is 24.1 Å². The molecule has 7 rings (SSSR count). The first-order chi connectivity index (χ1) is 25.4. The van der Waals surface area contributed by atoms with Crippen molar-refractivity contribution in [2.75, 3.05) is 13.7 Å². The number of phenolic OH excluding ortho intramolecular Hbond substituents is 2. The second-order valence-electron chi connectivity index (χ2n) is 13.9. The number of carbonyl (C=O) groups is 3. The molecule has 0 spiro atoms. The SMILES string of the molecule is COc1cccc2c1C(=O)c1c(O)c3c(c(O)c1C2=O)CC(O)(C(=O)CO)CC3OC1CC(N(Cc2ccccc2)Cc2ccccc2)C(O)C(C)O1.Cl. The minimum atomic E-state index is -2.28. The zero-order chi connectivity index (χ0) is 37.6. The number of halogens is 1. The van der Waals surface area contributed by atoms with E-state index in [1.165, 1.54) is 25.3 Å². The van der Waals surface area contributed by atoms with Gasteiger partial charge < -0.3 is 39.7 Å². The molecule has 0 bridgehead atoms. The predicted molar refractivity (Wildman–Crippen MR) is 197 cm³/mol. The molecule has 54 heavy (non-hydrogen) atoms. The summed E-state index contributed by atoms with van der Waals surface area (Å²) in [6, 6.07) is 23.5. The molecule has 1 fully saturated rings. The van der Waals surface area contributed by atoms with Crippen LogP contribution in [0.15, 0.2) is 78.9 Å². The van der Waals surface area contributed by atoms with Crippen LogP contribution in [0.3, 0.4) is 0 Å². The number of aliphatic hydroxyl groups is 3. The molecule has 1 heterocycles. The maximum Gasteiger partial charge on any atom is 0.202 e. The summed E-state index contributed by atoms with van der Waals surface area (Å²) in [6.45, 7) is 1.64. The number of ketones is 3. The summed E-state index contributed by atoms with van der Waals surface area (Å²) in [5, 5.41) is 56.6. The monoisotopic (exact) mass is 759 g/mol. The summed E-state index contributed by atoms with van der Waals surface area (Å²) >= 11 is 0. The van der Waals surface area contributed by atoms with Gasteiger partial charge in [-0.3, -0.25) is 19.3 Å². The van der Waals surface area contributed by atoms with Gasteiger partial charge in [0.05, 0.1) is 42.1 Å². The Balaban J connectivity index is 0.00000497. The molecular formula is C41H42ClNO11. The molecule has 13 heteroatoms. The average molecular weight is 760 g/mol. The van der Waals surface area contributed by atoms with Crippen LogP contribution in [-0.4, -0.2) is 91.6 Å². The number of benzene rings is 4. The van der Waals surface area contributed by atoms with Gasteiger partial charge in [0.2, 0.25) is 5.78 Å². The standard InChI is InChI=1S/C41H41NO11.ClH/c1-22-36(45)27(42(19-23-10-5-3-6-11-23)20-24-12-7-4-8-13-24)16-31(52-22)53-29-18-41(50,30(44)21-43)17-26-33(29)40(49)35-34(38(26)47)37(46)25-14-9-15-28(51-2)32(25)39(35)48;/h3-15,22,27,29,31,36,43,45,47,49-50H,16-21H2,1-2H3;1H. The first-order valence-corrected chi connectivity index (χ1v) is 17.5. The Labute approximate surface area is 317 Å². The molecule has 4 aromatic carbocycles. The van der Waals surface area contributed by atoms with Crippen molar-refractivity contribution in [1.82, 2.24) is 4.90 Å². The molecule has 6 atom stereocenters. The normalized spacial score (nSPS) is 24.6. The van der Waals surface area contributed by atoms with Crippen molar-refractivity contribution in [3.8, 4) is 17.2 Å². The van der Waals surface area contributed by atoms with Crippen LogP contribution < -0.4 is 4.74 Å². The number of methoxy groups -OCH3 is 1. The number of hydrogen-bond acceptors (Lipinski definition) is 12. The van der Waals surface area contributed by atoms with E-state index in [0.29, 0.717) is 13.1 Å². The lowest BCUT2D eigenvalue weighted by Crippen LogP contribution is -2.55. The van der Waals surface area contributed by atoms with Crippen molar-refractivity contribution >= 4 is 29.8 Å². The number of rotatable bonds is 10. The molecule has 0 saturated carbocycles. The Morgan fingerprint density at radius 1 is 0.889 bits per heavy atom. The van der Waals surface area contributed by atoms with E-state index >= 15 is 0 Å². The second kappa shape index (κ2) is 15.6. The van der Waals surface area contributed by atoms with Gasteiger partial charge in [-0.2, -0.15) is 0 Å². The lowest BCUT2D eigenvalue weighted by atomic mass is 9.72. The van der Waals surface area contributed by atoms with Gasteiger partial charge in [-0.1, -0.05) is 72.8 Å². The maximum absolute atomic E-state index is 14.0. The third-order valence-corrected chi connectivity index (χ3v) is 10.7. The number of Topliss-reactive ketones (excluding diaryl/α,β-unsaturated/α-hetero) is 1. The average Bonchev–Trinajstić information content (AvgIpc) is 3.16. The van der Waals surface area contributed by atoms with Gasteiger partial charge in [0.25, 0.3) is 0 Å². The van der Waals surface area contributed by atoms with E-state index in [1.54, 1.807) is 6.92 Å². The van der Waals surface area contributed by atoms with E-state index < -0.39 is 95.7 Å². The number of carbonyl (C=O) groups excluding carboxylic acids is 3. The van der Waals surface area contributed by atoms with Gasteiger partial charge in [0.15, 0.2) is 17.9 Å². The fourth-order valence-electron chi connectivity index (χ4n) is 7.98. The van der Waals surface area contributed by atoms with Gasteiger partial charge in [0, 0.05) is 55.1 Å². The molecule has 1 aliphatic heterocycles. The number of ether oxygens (including phenoxy) is 3. The Morgan fingerprint density at radius 2 is 1.50 bits per heavy atom. The smallest absolute Gasteiger partial charge is 0.202 e. The highest BCUT2D eigenvalue weighted by Crippen LogP contribution is 2.52. The van der Waals surface area contributed by atoms with Crippen LogP contribution in [0.1, 0.15) is 80.0 Å². The number of hydrogen-bond donors (Lipinski definition) is 5. The Kier molecular flexibility index (Phi) is 11.3. The molecule has 4 aromatic rings. The van der Waals surface area contributed by atoms with Crippen LogP contribution >= 0.6 is 12.4 Å². The second-order valence-corrected chi connectivity index (χ2v) is 13.9. The van der Waals surface area contributed by atoms with Gasteiger partial charge in [0.1, 0.15) is 29.5 Å². The van der Waals surface area contributed by atoms with Crippen molar-refractivity contribution < 1.29 is 54.1 Å². The Bertz CT molecular complexity index is 2020. The van der Waals surface area contributed by atoms with Crippen LogP contribution in [0.4, 0.5) is 0 Å². The first kappa shape index (κ1) is 39.0.